The summed E-state index contributed by atoms with van der Waals surface area (Å²) in [6, 6.07) is 3.68. The quantitative estimate of drug-likeness (QED) is 0.701. The smallest absolute Gasteiger partial charge is 0.255 e. The number of piperidine rings is 1. The zero-order valence-electron chi connectivity index (χ0n) is 9.07. The lowest BCUT2D eigenvalue weighted by Crippen LogP contribution is -2.36. The van der Waals surface area contributed by atoms with Gasteiger partial charge in [-0.2, -0.15) is 0 Å². The molecular weight excluding hydrogens is 188 g/mol. The number of amides is 1. The third kappa shape index (κ3) is 2.17. The topological polar surface area (TPSA) is 33.2 Å². The summed E-state index contributed by atoms with van der Waals surface area (Å²) >= 11 is 0. The first kappa shape index (κ1) is 10.1. The predicted molar refractivity (Wildman–Crippen MR) is 58.7 cm³/mol. The van der Waals surface area contributed by atoms with Gasteiger partial charge < -0.3 is 4.90 Å². The van der Waals surface area contributed by atoms with Crippen molar-refractivity contribution in [1.82, 2.24) is 9.88 Å². The monoisotopic (exact) mass is 204 g/mol. The van der Waals surface area contributed by atoms with E-state index in [2.05, 4.69) is 4.98 Å². The molecule has 0 atom stereocenters. The molecular formula is C12H16N2O. The van der Waals surface area contributed by atoms with Crippen LogP contribution in [-0.4, -0.2) is 28.9 Å². The van der Waals surface area contributed by atoms with E-state index in [0.29, 0.717) is 0 Å². The molecule has 1 aromatic heterocycles. The largest absolute Gasteiger partial charge is 0.339 e. The Hall–Kier alpha value is -1.38. The third-order valence-corrected chi connectivity index (χ3v) is 2.88. The van der Waals surface area contributed by atoms with Crippen LogP contribution in [0.2, 0.25) is 0 Å². The van der Waals surface area contributed by atoms with Crippen LogP contribution in [0.25, 0.3) is 0 Å². The number of hydrogen-bond donors (Lipinski definition) is 0. The molecule has 3 heteroatoms. The summed E-state index contributed by atoms with van der Waals surface area (Å²) in [5, 5.41) is 0. The Bertz CT molecular complexity index is 356. The Balaban J connectivity index is 2.16. The Morgan fingerprint density at radius 2 is 2.07 bits per heavy atom. The second-order valence-corrected chi connectivity index (χ2v) is 3.99. The molecule has 0 N–H and O–H groups in total. The molecule has 2 rings (SSSR count). The molecule has 0 spiro atoms. The van der Waals surface area contributed by atoms with Gasteiger partial charge in [0.05, 0.1) is 5.56 Å². The summed E-state index contributed by atoms with van der Waals surface area (Å²) < 4.78 is 0. The molecule has 0 radical (unpaired) electrons. The van der Waals surface area contributed by atoms with E-state index in [-0.39, 0.29) is 5.91 Å². The van der Waals surface area contributed by atoms with Crippen molar-refractivity contribution in [1.29, 1.82) is 0 Å². The molecule has 0 aliphatic carbocycles. The second kappa shape index (κ2) is 4.43. The highest BCUT2D eigenvalue weighted by atomic mass is 16.2. The maximum Gasteiger partial charge on any atom is 0.255 e. The van der Waals surface area contributed by atoms with Gasteiger partial charge in [0.25, 0.3) is 5.91 Å². The zero-order valence-corrected chi connectivity index (χ0v) is 9.07. The molecule has 0 unspecified atom stereocenters. The summed E-state index contributed by atoms with van der Waals surface area (Å²) in [5.74, 6) is 0.139. The number of aromatic nitrogens is 1. The van der Waals surface area contributed by atoms with Gasteiger partial charge in [-0.1, -0.05) is 0 Å². The Morgan fingerprint density at radius 1 is 1.33 bits per heavy atom. The first-order valence-corrected chi connectivity index (χ1v) is 5.50. The van der Waals surface area contributed by atoms with E-state index < -0.39 is 0 Å². The van der Waals surface area contributed by atoms with Crippen molar-refractivity contribution in [2.75, 3.05) is 13.1 Å². The maximum atomic E-state index is 12.1. The lowest BCUT2D eigenvalue weighted by Gasteiger charge is -2.27. The van der Waals surface area contributed by atoms with Crippen LogP contribution < -0.4 is 0 Å². The van der Waals surface area contributed by atoms with Crippen LogP contribution in [0.5, 0.6) is 0 Å². The van der Waals surface area contributed by atoms with Crippen molar-refractivity contribution >= 4 is 5.91 Å². The molecule has 1 aromatic rings. The zero-order chi connectivity index (χ0) is 10.7. The maximum absolute atomic E-state index is 12.1. The standard InChI is InChI=1S/C12H16N2O/c1-10-11(6-5-7-13-10)12(15)14-8-3-2-4-9-14/h5-7H,2-4,8-9H2,1H3. The molecule has 1 aliphatic rings. The van der Waals surface area contributed by atoms with E-state index in [0.717, 1.165) is 37.2 Å². The van der Waals surface area contributed by atoms with E-state index in [1.54, 1.807) is 6.20 Å². The molecule has 3 nitrogen and oxygen atoms in total. The number of likely N-dealkylation sites (tertiary alicyclic amines) is 1. The summed E-state index contributed by atoms with van der Waals surface area (Å²) in [4.78, 5) is 18.2. The van der Waals surface area contributed by atoms with Crippen molar-refractivity contribution in [2.24, 2.45) is 0 Å². The molecule has 0 aromatic carbocycles. The minimum absolute atomic E-state index is 0.139. The van der Waals surface area contributed by atoms with E-state index >= 15 is 0 Å². The highest BCUT2D eigenvalue weighted by Gasteiger charge is 2.19. The molecule has 80 valence electrons. The van der Waals surface area contributed by atoms with Crippen LogP contribution in [0.1, 0.15) is 35.3 Å². The van der Waals surface area contributed by atoms with Gasteiger partial charge in [0.15, 0.2) is 0 Å². The lowest BCUT2D eigenvalue weighted by atomic mass is 10.1. The first-order chi connectivity index (χ1) is 7.29. The van der Waals surface area contributed by atoms with Crippen LogP contribution in [0, 0.1) is 6.92 Å². The Morgan fingerprint density at radius 3 is 2.73 bits per heavy atom. The molecule has 2 heterocycles. The summed E-state index contributed by atoms with van der Waals surface area (Å²) in [6.45, 7) is 3.68. The van der Waals surface area contributed by atoms with Crippen LogP contribution in [0.4, 0.5) is 0 Å². The summed E-state index contributed by atoms with van der Waals surface area (Å²) in [5.41, 5.74) is 1.58. The molecule has 0 saturated carbocycles. The van der Waals surface area contributed by atoms with E-state index in [9.17, 15) is 4.79 Å². The van der Waals surface area contributed by atoms with Crippen LogP contribution in [0.15, 0.2) is 18.3 Å². The molecule has 1 saturated heterocycles. The van der Waals surface area contributed by atoms with Crippen molar-refractivity contribution in [3.8, 4) is 0 Å². The molecule has 1 aliphatic heterocycles. The molecule has 0 bridgehead atoms. The number of carbonyl (C=O) groups is 1. The number of carbonyl (C=O) groups excluding carboxylic acids is 1. The van der Waals surface area contributed by atoms with Gasteiger partial charge in [-0.3, -0.25) is 9.78 Å². The molecule has 15 heavy (non-hydrogen) atoms. The van der Waals surface area contributed by atoms with Gasteiger partial charge >= 0.3 is 0 Å². The highest BCUT2D eigenvalue weighted by Crippen LogP contribution is 2.14. The fourth-order valence-electron chi connectivity index (χ4n) is 1.98. The van der Waals surface area contributed by atoms with Crippen molar-refractivity contribution in [3.63, 3.8) is 0 Å². The lowest BCUT2D eigenvalue weighted by molar-refractivity contribution is 0.0723. The highest BCUT2D eigenvalue weighted by molar-refractivity contribution is 5.95. The van der Waals surface area contributed by atoms with Gasteiger partial charge in [-0.05, 0) is 38.3 Å². The minimum Gasteiger partial charge on any atom is -0.339 e. The average Bonchev–Trinajstić information content (AvgIpc) is 2.30. The van der Waals surface area contributed by atoms with Gasteiger partial charge in [0, 0.05) is 25.0 Å². The third-order valence-electron chi connectivity index (χ3n) is 2.88. The first-order valence-electron chi connectivity index (χ1n) is 5.50. The van der Waals surface area contributed by atoms with Crippen molar-refractivity contribution < 1.29 is 4.79 Å². The Kier molecular flexibility index (Phi) is 2.99. The van der Waals surface area contributed by atoms with Crippen LogP contribution in [-0.2, 0) is 0 Å². The molecule has 1 amide bonds. The average molecular weight is 204 g/mol. The van der Waals surface area contributed by atoms with Gasteiger partial charge in [0.1, 0.15) is 0 Å². The van der Waals surface area contributed by atoms with Crippen molar-refractivity contribution in [3.05, 3.63) is 29.6 Å². The van der Waals surface area contributed by atoms with E-state index in [4.69, 9.17) is 0 Å². The number of aryl methyl sites for hydroxylation is 1. The van der Waals surface area contributed by atoms with Crippen LogP contribution >= 0.6 is 0 Å². The van der Waals surface area contributed by atoms with Gasteiger partial charge in [-0.15, -0.1) is 0 Å². The fraction of sp³-hybridized carbons (Fsp3) is 0.500. The molecule has 1 fully saturated rings. The predicted octanol–water partition coefficient (Wildman–Crippen LogP) is 2.02. The number of nitrogens with zero attached hydrogens (tertiary/aromatic N) is 2. The van der Waals surface area contributed by atoms with Crippen LogP contribution in [0.3, 0.4) is 0 Å². The SMILES string of the molecule is Cc1ncccc1C(=O)N1CCCCC1. The summed E-state index contributed by atoms with van der Waals surface area (Å²) in [7, 11) is 0. The number of hydrogen-bond acceptors (Lipinski definition) is 2. The Labute approximate surface area is 90.1 Å². The normalized spacial score (nSPS) is 16.5. The van der Waals surface area contributed by atoms with E-state index in [1.807, 2.05) is 24.0 Å². The number of rotatable bonds is 1. The fourth-order valence-corrected chi connectivity index (χ4v) is 1.98. The van der Waals surface area contributed by atoms with E-state index in [1.165, 1.54) is 6.42 Å². The number of pyridine rings is 1. The van der Waals surface area contributed by atoms with Gasteiger partial charge in [0.2, 0.25) is 0 Å². The minimum atomic E-state index is 0.139. The summed E-state index contributed by atoms with van der Waals surface area (Å²) in [6.07, 6.45) is 5.23. The van der Waals surface area contributed by atoms with Crippen molar-refractivity contribution in [2.45, 2.75) is 26.2 Å². The second-order valence-electron chi connectivity index (χ2n) is 3.99. The van der Waals surface area contributed by atoms with Gasteiger partial charge in [-0.25, -0.2) is 0 Å².